The van der Waals surface area contributed by atoms with Gasteiger partial charge in [-0.15, -0.1) is 0 Å². The van der Waals surface area contributed by atoms with Crippen molar-refractivity contribution in [3.8, 4) is 6.07 Å². The zero-order valence-electron chi connectivity index (χ0n) is 10.8. The monoisotopic (exact) mass is 259 g/mol. The molecule has 0 aromatic heterocycles. The molecule has 0 spiro atoms. The molecule has 1 aromatic rings. The maximum Gasteiger partial charge on any atom is 0.240 e. The van der Waals surface area contributed by atoms with Crippen molar-refractivity contribution in [3.05, 3.63) is 29.3 Å². The molecule has 1 aliphatic heterocycles. The summed E-state index contributed by atoms with van der Waals surface area (Å²) in [4.78, 5) is 13.4. The molecule has 0 saturated carbocycles. The quantitative estimate of drug-likeness (QED) is 0.849. The molecule has 1 unspecified atom stereocenters. The van der Waals surface area contributed by atoms with Gasteiger partial charge < -0.3 is 15.7 Å². The molecule has 3 N–H and O–H groups in total. The van der Waals surface area contributed by atoms with Crippen molar-refractivity contribution in [1.82, 2.24) is 0 Å². The zero-order chi connectivity index (χ0) is 14.0. The number of aliphatic hydroxyl groups is 1. The molecule has 0 bridgehead atoms. The Morgan fingerprint density at radius 3 is 2.95 bits per heavy atom. The van der Waals surface area contributed by atoms with Crippen LogP contribution in [-0.2, 0) is 4.79 Å². The molecule has 1 aromatic carbocycles. The van der Waals surface area contributed by atoms with E-state index in [2.05, 4.69) is 6.07 Å². The highest BCUT2D eigenvalue weighted by Gasteiger charge is 2.31. The molecule has 0 aliphatic carbocycles. The highest BCUT2D eigenvalue weighted by molar-refractivity contribution is 5.84. The molecule has 1 fully saturated rings. The van der Waals surface area contributed by atoms with Gasteiger partial charge in [-0.25, -0.2) is 0 Å². The SMILES string of the molecule is C[C@H](O)c1ccc(C#N)cc1N1CCCC1C(N)=O. The second kappa shape index (κ2) is 5.29. The molecule has 100 valence electrons. The number of rotatable bonds is 3. The van der Waals surface area contributed by atoms with Crippen molar-refractivity contribution in [2.24, 2.45) is 5.73 Å². The number of hydrogen-bond donors (Lipinski definition) is 2. The molecule has 1 heterocycles. The maximum absolute atomic E-state index is 11.5. The van der Waals surface area contributed by atoms with Gasteiger partial charge in [0.2, 0.25) is 5.91 Å². The van der Waals surface area contributed by atoms with Gasteiger partial charge in [0, 0.05) is 17.8 Å². The van der Waals surface area contributed by atoms with E-state index >= 15 is 0 Å². The van der Waals surface area contributed by atoms with Crippen LogP contribution in [0.2, 0.25) is 0 Å². The highest BCUT2D eigenvalue weighted by Crippen LogP contribution is 2.32. The van der Waals surface area contributed by atoms with E-state index in [1.807, 2.05) is 4.90 Å². The highest BCUT2D eigenvalue weighted by atomic mass is 16.3. The van der Waals surface area contributed by atoms with Gasteiger partial charge in [-0.1, -0.05) is 6.07 Å². The van der Waals surface area contributed by atoms with Gasteiger partial charge in [-0.05, 0) is 31.9 Å². The van der Waals surface area contributed by atoms with Gasteiger partial charge in [0.15, 0.2) is 0 Å². The van der Waals surface area contributed by atoms with E-state index in [9.17, 15) is 9.90 Å². The van der Waals surface area contributed by atoms with Crippen molar-refractivity contribution in [1.29, 1.82) is 5.26 Å². The number of amides is 1. The summed E-state index contributed by atoms with van der Waals surface area (Å²) < 4.78 is 0. The van der Waals surface area contributed by atoms with Crippen LogP contribution in [0.15, 0.2) is 18.2 Å². The summed E-state index contributed by atoms with van der Waals surface area (Å²) in [6.45, 7) is 2.38. The average Bonchev–Trinajstić information content (AvgIpc) is 2.87. The molecule has 5 heteroatoms. The number of primary amides is 1. The Bertz CT molecular complexity index is 534. The van der Waals surface area contributed by atoms with Crippen LogP contribution in [0.1, 0.15) is 37.0 Å². The number of anilines is 1. The van der Waals surface area contributed by atoms with E-state index in [-0.39, 0.29) is 11.9 Å². The minimum Gasteiger partial charge on any atom is -0.389 e. The fourth-order valence-corrected chi connectivity index (χ4v) is 2.57. The predicted octanol–water partition coefficient (Wildman–Crippen LogP) is 1.07. The smallest absolute Gasteiger partial charge is 0.240 e. The summed E-state index contributed by atoms with van der Waals surface area (Å²) in [5.41, 5.74) is 7.37. The first-order valence-electron chi connectivity index (χ1n) is 6.32. The standard InChI is InChI=1S/C14H17N3O2/c1-9(18)11-5-4-10(8-15)7-13(11)17-6-2-3-12(17)14(16)19/h4-5,7,9,12,18H,2-3,6H2,1H3,(H2,16,19)/t9-,12?/m0/s1. The van der Waals surface area contributed by atoms with Crippen LogP contribution in [0.25, 0.3) is 0 Å². The third-order valence-electron chi connectivity index (χ3n) is 3.50. The largest absolute Gasteiger partial charge is 0.389 e. The summed E-state index contributed by atoms with van der Waals surface area (Å²) in [6, 6.07) is 6.83. The maximum atomic E-state index is 11.5. The molecular formula is C14H17N3O2. The van der Waals surface area contributed by atoms with E-state index < -0.39 is 6.10 Å². The lowest BCUT2D eigenvalue weighted by Crippen LogP contribution is -2.40. The topological polar surface area (TPSA) is 90.3 Å². The normalized spacial score (nSPS) is 20.1. The summed E-state index contributed by atoms with van der Waals surface area (Å²) in [5.74, 6) is -0.364. The minimum absolute atomic E-state index is 0.355. The predicted molar refractivity (Wildman–Crippen MR) is 71.4 cm³/mol. The molecule has 19 heavy (non-hydrogen) atoms. The van der Waals surface area contributed by atoms with Crippen LogP contribution >= 0.6 is 0 Å². The van der Waals surface area contributed by atoms with E-state index in [1.165, 1.54) is 0 Å². The van der Waals surface area contributed by atoms with Crippen molar-refractivity contribution >= 4 is 11.6 Å². The van der Waals surface area contributed by atoms with Gasteiger partial charge in [-0.2, -0.15) is 5.26 Å². The van der Waals surface area contributed by atoms with Crippen molar-refractivity contribution in [3.63, 3.8) is 0 Å². The third kappa shape index (κ3) is 2.54. The van der Waals surface area contributed by atoms with E-state index in [0.717, 1.165) is 12.1 Å². The van der Waals surface area contributed by atoms with E-state index in [0.29, 0.717) is 24.1 Å². The Kier molecular flexibility index (Phi) is 3.72. The Balaban J connectivity index is 2.47. The van der Waals surface area contributed by atoms with Crippen LogP contribution in [0.5, 0.6) is 0 Å². The first-order chi connectivity index (χ1) is 9.04. The molecule has 5 nitrogen and oxygen atoms in total. The number of carbonyl (C=O) groups is 1. The van der Waals surface area contributed by atoms with Gasteiger partial charge in [0.1, 0.15) is 6.04 Å². The summed E-state index contributed by atoms with van der Waals surface area (Å²) in [5, 5.41) is 18.8. The summed E-state index contributed by atoms with van der Waals surface area (Å²) >= 11 is 0. The minimum atomic E-state index is -0.656. The third-order valence-corrected chi connectivity index (χ3v) is 3.50. The molecule has 1 saturated heterocycles. The van der Waals surface area contributed by atoms with Gasteiger partial charge in [0.25, 0.3) is 0 Å². The fraction of sp³-hybridized carbons (Fsp3) is 0.429. The fourth-order valence-electron chi connectivity index (χ4n) is 2.57. The number of nitriles is 1. The Hall–Kier alpha value is -2.06. The van der Waals surface area contributed by atoms with Crippen LogP contribution in [0, 0.1) is 11.3 Å². The number of aliphatic hydroxyl groups excluding tert-OH is 1. The number of carbonyl (C=O) groups excluding carboxylic acids is 1. The Morgan fingerprint density at radius 1 is 1.63 bits per heavy atom. The molecular weight excluding hydrogens is 242 g/mol. The molecule has 1 amide bonds. The lowest BCUT2D eigenvalue weighted by molar-refractivity contribution is -0.119. The molecule has 0 radical (unpaired) electrons. The zero-order valence-corrected chi connectivity index (χ0v) is 10.8. The summed E-state index contributed by atoms with van der Waals surface area (Å²) in [6.07, 6.45) is 0.937. The second-order valence-corrected chi connectivity index (χ2v) is 4.82. The van der Waals surface area contributed by atoms with Crippen LogP contribution in [0.4, 0.5) is 5.69 Å². The number of benzene rings is 1. The van der Waals surface area contributed by atoms with Crippen LogP contribution in [0.3, 0.4) is 0 Å². The first-order valence-corrected chi connectivity index (χ1v) is 6.32. The van der Waals surface area contributed by atoms with Crippen LogP contribution in [-0.4, -0.2) is 23.6 Å². The second-order valence-electron chi connectivity index (χ2n) is 4.82. The van der Waals surface area contributed by atoms with E-state index in [1.54, 1.807) is 25.1 Å². The van der Waals surface area contributed by atoms with Crippen molar-refractivity contribution < 1.29 is 9.90 Å². The molecule has 2 atom stereocenters. The van der Waals surface area contributed by atoms with Gasteiger partial charge in [0.05, 0.1) is 17.7 Å². The van der Waals surface area contributed by atoms with Gasteiger partial charge in [-0.3, -0.25) is 4.79 Å². The number of nitrogens with two attached hydrogens (primary N) is 1. The lowest BCUT2D eigenvalue weighted by Gasteiger charge is -2.27. The molecule has 1 aliphatic rings. The van der Waals surface area contributed by atoms with Crippen molar-refractivity contribution in [2.75, 3.05) is 11.4 Å². The lowest BCUT2D eigenvalue weighted by atomic mass is 10.0. The number of hydrogen-bond acceptors (Lipinski definition) is 4. The molecule has 2 rings (SSSR count). The van der Waals surface area contributed by atoms with Crippen LogP contribution < -0.4 is 10.6 Å². The van der Waals surface area contributed by atoms with Gasteiger partial charge >= 0.3 is 0 Å². The first kappa shape index (κ1) is 13.4. The Morgan fingerprint density at radius 2 is 2.37 bits per heavy atom. The average molecular weight is 259 g/mol. The summed E-state index contributed by atoms with van der Waals surface area (Å²) in [7, 11) is 0. The number of nitrogens with zero attached hydrogens (tertiary/aromatic N) is 2. The van der Waals surface area contributed by atoms with E-state index in [4.69, 9.17) is 11.0 Å². The van der Waals surface area contributed by atoms with Crippen molar-refractivity contribution in [2.45, 2.75) is 31.9 Å². The Labute approximate surface area is 112 Å².